The van der Waals surface area contributed by atoms with Crippen molar-refractivity contribution >= 4 is 39.9 Å². The van der Waals surface area contributed by atoms with Gasteiger partial charge >= 0.3 is 0 Å². The van der Waals surface area contributed by atoms with Crippen molar-refractivity contribution in [3.05, 3.63) is 71.8 Å². The summed E-state index contributed by atoms with van der Waals surface area (Å²) in [6.45, 7) is 2.62. The van der Waals surface area contributed by atoms with Gasteiger partial charge in [0, 0.05) is 29.1 Å². The van der Waals surface area contributed by atoms with E-state index in [-0.39, 0.29) is 41.0 Å². The van der Waals surface area contributed by atoms with Gasteiger partial charge in [0.2, 0.25) is 5.92 Å². The monoisotopic (exact) mass is 508 g/mol. The average molecular weight is 509 g/mol. The SMILES string of the molecule is Cc1ccc2c(NSCCC(C)(F)F)c(F)ccc2c1O/C(N)=C(/C=C\N)c1ccnc(NF)n1. The number of halogens is 4. The van der Waals surface area contributed by atoms with Crippen molar-refractivity contribution in [2.24, 2.45) is 11.5 Å². The van der Waals surface area contributed by atoms with Crippen LogP contribution in [0.4, 0.5) is 29.3 Å². The quantitative estimate of drug-likeness (QED) is 0.0694. The van der Waals surface area contributed by atoms with Gasteiger partial charge in [0.15, 0.2) is 5.88 Å². The molecule has 3 rings (SSSR count). The number of aromatic nitrogens is 2. The molecule has 0 radical (unpaired) electrons. The maximum absolute atomic E-state index is 14.6. The van der Waals surface area contributed by atoms with E-state index in [9.17, 15) is 17.7 Å². The standard InChI is InChI=1S/C23H24F4N6OS/c1-13-3-4-14-15(5-6-17(24)19(14)33-35-12-9-23(2,25)26)20(13)34-21(29)16(7-10-28)18-8-11-30-22(31-18)32-27/h3-8,10-11,33H,9,12,28-29H2,1-2H3,(H,30,31,32)/b10-7-,21-16-. The second-order valence-electron chi connectivity index (χ2n) is 7.60. The fourth-order valence-electron chi connectivity index (χ4n) is 3.16. The normalized spacial score (nSPS) is 12.6. The first-order valence-corrected chi connectivity index (χ1v) is 11.4. The van der Waals surface area contributed by atoms with E-state index in [1.165, 1.54) is 42.2 Å². The lowest BCUT2D eigenvalue weighted by molar-refractivity contribution is 0.0194. The highest BCUT2D eigenvalue weighted by molar-refractivity contribution is 8.00. The minimum Gasteiger partial charge on any atom is -0.440 e. The summed E-state index contributed by atoms with van der Waals surface area (Å²) in [5.74, 6) is -3.31. The Bertz CT molecular complexity index is 1260. The predicted octanol–water partition coefficient (Wildman–Crippen LogP) is 5.66. The number of alkyl halides is 2. The Morgan fingerprint density at radius 1 is 1.20 bits per heavy atom. The lowest BCUT2D eigenvalue weighted by atomic mass is 10.0. The summed E-state index contributed by atoms with van der Waals surface area (Å²) in [5.41, 5.74) is 14.5. The summed E-state index contributed by atoms with van der Waals surface area (Å²) in [5, 5.41) is 0.999. The van der Waals surface area contributed by atoms with E-state index < -0.39 is 11.7 Å². The molecule has 0 spiro atoms. The van der Waals surface area contributed by atoms with E-state index in [4.69, 9.17) is 16.2 Å². The maximum Gasteiger partial charge on any atom is 0.251 e. The molecule has 12 heteroatoms. The van der Waals surface area contributed by atoms with Gasteiger partial charge in [-0.15, -0.1) is 4.48 Å². The third-order valence-electron chi connectivity index (χ3n) is 4.87. The molecule has 1 heterocycles. The van der Waals surface area contributed by atoms with Crippen LogP contribution in [0, 0.1) is 12.7 Å². The molecule has 0 bridgehead atoms. The Labute approximate surface area is 203 Å². The minimum atomic E-state index is -2.81. The largest absolute Gasteiger partial charge is 0.440 e. The lowest BCUT2D eigenvalue weighted by Crippen LogP contribution is -2.12. The van der Waals surface area contributed by atoms with Gasteiger partial charge in [-0.3, -0.25) is 0 Å². The van der Waals surface area contributed by atoms with E-state index in [0.29, 0.717) is 22.1 Å². The average Bonchev–Trinajstić information content (AvgIpc) is 2.82. The van der Waals surface area contributed by atoms with Crippen LogP contribution in [0.3, 0.4) is 0 Å². The number of allylic oxidation sites excluding steroid dienone is 2. The van der Waals surface area contributed by atoms with Crippen LogP contribution in [-0.2, 0) is 0 Å². The van der Waals surface area contributed by atoms with Crippen LogP contribution in [-0.4, -0.2) is 21.6 Å². The van der Waals surface area contributed by atoms with E-state index in [0.717, 1.165) is 18.9 Å². The zero-order chi connectivity index (χ0) is 25.6. The van der Waals surface area contributed by atoms with Gasteiger partial charge in [-0.05, 0) is 49.9 Å². The van der Waals surface area contributed by atoms with Crippen molar-refractivity contribution in [2.75, 3.05) is 16.0 Å². The van der Waals surface area contributed by atoms with Gasteiger partial charge in [-0.1, -0.05) is 24.1 Å². The Balaban J connectivity index is 2.01. The van der Waals surface area contributed by atoms with Gasteiger partial charge in [0.1, 0.15) is 11.6 Å². The van der Waals surface area contributed by atoms with Gasteiger partial charge < -0.3 is 20.9 Å². The second kappa shape index (κ2) is 11.2. The van der Waals surface area contributed by atoms with Crippen LogP contribution in [0.15, 0.2) is 54.7 Å². The highest BCUT2D eigenvalue weighted by Crippen LogP contribution is 2.37. The van der Waals surface area contributed by atoms with Crippen molar-refractivity contribution < 1.29 is 22.4 Å². The van der Waals surface area contributed by atoms with E-state index in [1.54, 1.807) is 19.1 Å². The van der Waals surface area contributed by atoms with Crippen LogP contribution in [0.2, 0.25) is 0 Å². The molecule has 7 nitrogen and oxygen atoms in total. The molecule has 1 aromatic heterocycles. The zero-order valence-electron chi connectivity index (χ0n) is 18.9. The highest BCUT2D eigenvalue weighted by Gasteiger charge is 2.21. The van der Waals surface area contributed by atoms with Crippen molar-refractivity contribution in [2.45, 2.75) is 26.2 Å². The third kappa shape index (κ3) is 6.47. The summed E-state index contributed by atoms with van der Waals surface area (Å²) in [7, 11) is 0. The molecular formula is C23H24F4N6OS. The number of nitrogens with two attached hydrogens (primary N) is 2. The molecule has 35 heavy (non-hydrogen) atoms. The summed E-state index contributed by atoms with van der Waals surface area (Å²) < 4.78 is 62.4. The van der Waals surface area contributed by atoms with Gasteiger partial charge in [-0.25, -0.2) is 23.1 Å². The van der Waals surface area contributed by atoms with Crippen LogP contribution in [0.5, 0.6) is 5.75 Å². The van der Waals surface area contributed by atoms with Crippen LogP contribution >= 0.6 is 11.9 Å². The first-order chi connectivity index (χ1) is 16.6. The molecule has 6 N–H and O–H groups in total. The number of benzene rings is 2. The number of hydrogen-bond donors (Lipinski definition) is 4. The topological polar surface area (TPSA) is 111 Å². The number of aryl methyl sites for hydroxylation is 1. The first-order valence-electron chi connectivity index (χ1n) is 10.4. The number of nitrogens with one attached hydrogen (secondary N) is 2. The van der Waals surface area contributed by atoms with Crippen LogP contribution < -0.4 is 26.5 Å². The van der Waals surface area contributed by atoms with E-state index >= 15 is 0 Å². The number of anilines is 2. The first kappa shape index (κ1) is 25.9. The van der Waals surface area contributed by atoms with Crippen molar-refractivity contribution in [1.29, 1.82) is 0 Å². The number of hydrogen-bond acceptors (Lipinski definition) is 8. The molecule has 0 aliphatic carbocycles. The number of ether oxygens (including phenoxy) is 1. The summed E-state index contributed by atoms with van der Waals surface area (Å²) in [6, 6.07) is 7.69. The third-order valence-corrected chi connectivity index (χ3v) is 5.63. The van der Waals surface area contributed by atoms with Crippen molar-refractivity contribution in [3.63, 3.8) is 0 Å². The van der Waals surface area contributed by atoms with Crippen molar-refractivity contribution in [3.8, 4) is 5.75 Å². The Kier molecular flexibility index (Phi) is 8.28. The summed E-state index contributed by atoms with van der Waals surface area (Å²) >= 11 is 0.980. The molecule has 0 saturated carbocycles. The molecule has 0 atom stereocenters. The molecule has 0 amide bonds. The molecule has 186 valence electrons. The highest BCUT2D eigenvalue weighted by atomic mass is 32.2. The van der Waals surface area contributed by atoms with Gasteiger partial charge in [0.05, 0.1) is 17.0 Å². The summed E-state index contributed by atoms with van der Waals surface area (Å²) in [6.07, 6.45) is 3.64. The Morgan fingerprint density at radius 2 is 1.94 bits per heavy atom. The minimum absolute atomic E-state index is 0.0771. The second-order valence-corrected chi connectivity index (χ2v) is 8.50. The van der Waals surface area contributed by atoms with Crippen LogP contribution in [0.25, 0.3) is 16.3 Å². The van der Waals surface area contributed by atoms with Crippen LogP contribution in [0.1, 0.15) is 24.6 Å². The molecule has 0 fully saturated rings. The number of fused-ring (bicyclic) bond motifs is 1. The predicted molar refractivity (Wildman–Crippen MR) is 132 cm³/mol. The molecule has 0 unspecified atom stereocenters. The molecule has 2 aromatic carbocycles. The maximum atomic E-state index is 14.6. The number of rotatable bonds is 10. The fraction of sp³-hybridized carbons (Fsp3) is 0.217. The smallest absolute Gasteiger partial charge is 0.251 e. The molecule has 0 aliphatic heterocycles. The Hall–Kier alpha value is -3.67. The van der Waals surface area contributed by atoms with Gasteiger partial charge in [0.25, 0.3) is 5.95 Å². The number of nitrogens with zero attached hydrogens (tertiary/aromatic N) is 2. The van der Waals surface area contributed by atoms with Crippen molar-refractivity contribution in [1.82, 2.24) is 9.97 Å². The molecule has 3 aromatic rings. The van der Waals surface area contributed by atoms with E-state index in [1.807, 2.05) is 0 Å². The van der Waals surface area contributed by atoms with Gasteiger partial charge in [-0.2, -0.15) is 5.54 Å². The fourth-order valence-corrected chi connectivity index (χ4v) is 4.08. The molecular weight excluding hydrogens is 484 g/mol. The molecule has 0 aliphatic rings. The Morgan fingerprint density at radius 3 is 2.63 bits per heavy atom. The lowest BCUT2D eigenvalue weighted by Gasteiger charge is -2.17. The van der Waals surface area contributed by atoms with E-state index in [2.05, 4.69) is 14.7 Å². The zero-order valence-corrected chi connectivity index (χ0v) is 19.7. The summed E-state index contributed by atoms with van der Waals surface area (Å²) in [4.78, 5) is 7.72. The molecule has 0 saturated heterocycles.